The van der Waals surface area contributed by atoms with Crippen molar-refractivity contribution in [2.24, 2.45) is 5.41 Å². The first-order chi connectivity index (χ1) is 10.9. The Morgan fingerprint density at radius 2 is 1.78 bits per heavy atom. The van der Waals surface area contributed by atoms with E-state index < -0.39 is 0 Å². The molecule has 0 atom stereocenters. The molecule has 0 radical (unpaired) electrons. The summed E-state index contributed by atoms with van der Waals surface area (Å²) in [5, 5.41) is 2.64. The predicted octanol–water partition coefficient (Wildman–Crippen LogP) is 5.32. The molecule has 2 aromatic carbocycles. The first kappa shape index (κ1) is 14.3. The molecule has 1 aliphatic rings. The third-order valence-corrected chi connectivity index (χ3v) is 4.92. The van der Waals surface area contributed by atoms with Crippen LogP contribution >= 0.6 is 0 Å². The number of rotatable bonds is 0. The van der Waals surface area contributed by atoms with Gasteiger partial charge in [-0.05, 0) is 65.5 Å². The van der Waals surface area contributed by atoms with Crippen molar-refractivity contribution in [2.45, 2.75) is 33.6 Å². The van der Waals surface area contributed by atoms with Crippen LogP contribution in [0.25, 0.3) is 27.3 Å². The summed E-state index contributed by atoms with van der Waals surface area (Å²) in [6, 6.07) is 11.9. The van der Waals surface area contributed by atoms with E-state index in [1.54, 1.807) is 0 Å². The minimum absolute atomic E-state index is 0.193. The summed E-state index contributed by atoms with van der Waals surface area (Å²) in [5.41, 5.74) is 4.49. The van der Waals surface area contributed by atoms with Crippen molar-refractivity contribution in [1.82, 2.24) is 0 Å². The van der Waals surface area contributed by atoms with Gasteiger partial charge in [0.05, 0.1) is 5.39 Å². The zero-order valence-electron chi connectivity index (χ0n) is 13.8. The summed E-state index contributed by atoms with van der Waals surface area (Å²) < 4.78 is 5.59. The molecule has 0 fully saturated rings. The lowest BCUT2D eigenvalue weighted by molar-refractivity contribution is 0.442. The molecule has 3 aromatic rings. The zero-order chi connectivity index (χ0) is 16.2. The maximum absolute atomic E-state index is 12.2. The van der Waals surface area contributed by atoms with Gasteiger partial charge in [-0.1, -0.05) is 38.1 Å². The summed E-state index contributed by atoms with van der Waals surface area (Å²) in [6.07, 6.45) is 4.47. The van der Waals surface area contributed by atoms with Crippen molar-refractivity contribution in [3.8, 4) is 0 Å². The molecule has 1 aliphatic carbocycles. The van der Waals surface area contributed by atoms with E-state index in [9.17, 15) is 4.79 Å². The summed E-state index contributed by atoms with van der Waals surface area (Å²) in [4.78, 5) is 12.2. The third kappa shape index (κ3) is 2.29. The molecular formula is C21H20O2. The Morgan fingerprint density at radius 3 is 2.57 bits per heavy atom. The Morgan fingerprint density at radius 1 is 1.04 bits per heavy atom. The molecule has 0 N–H and O–H groups in total. The normalized spacial score (nSPS) is 16.9. The molecule has 0 saturated carbocycles. The van der Waals surface area contributed by atoms with E-state index in [0.717, 1.165) is 23.6 Å². The van der Waals surface area contributed by atoms with Crippen LogP contribution in [-0.2, 0) is 6.42 Å². The first-order valence-corrected chi connectivity index (χ1v) is 8.13. The van der Waals surface area contributed by atoms with Crippen LogP contribution in [0.2, 0.25) is 0 Å². The summed E-state index contributed by atoms with van der Waals surface area (Å²) >= 11 is 0. The topological polar surface area (TPSA) is 30.2 Å². The van der Waals surface area contributed by atoms with Gasteiger partial charge >= 0.3 is 5.63 Å². The zero-order valence-corrected chi connectivity index (χ0v) is 13.8. The van der Waals surface area contributed by atoms with E-state index in [1.807, 2.05) is 24.3 Å². The van der Waals surface area contributed by atoms with Gasteiger partial charge in [0.1, 0.15) is 5.58 Å². The van der Waals surface area contributed by atoms with Gasteiger partial charge in [-0.2, -0.15) is 0 Å². The molecule has 0 saturated heterocycles. The highest BCUT2D eigenvalue weighted by Crippen LogP contribution is 2.37. The van der Waals surface area contributed by atoms with Gasteiger partial charge in [0.2, 0.25) is 0 Å². The smallest absolute Gasteiger partial charge is 0.344 e. The van der Waals surface area contributed by atoms with E-state index >= 15 is 0 Å². The molecule has 0 bridgehead atoms. The highest BCUT2D eigenvalue weighted by Gasteiger charge is 2.22. The van der Waals surface area contributed by atoms with E-state index in [-0.39, 0.29) is 11.0 Å². The molecule has 116 valence electrons. The molecule has 0 aliphatic heterocycles. The number of aryl methyl sites for hydroxylation is 1. The minimum atomic E-state index is -0.255. The second-order valence-corrected chi connectivity index (χ2v) is 7.26. The Balaban J connectivity index is 2.10. The van der Waals surface area contributed by atoms with E-state index in [2.05, 4.69) is 39.0 Å². The average Bonchev–Trinajstić information content (AvgIpc) is 2.62. The molecule has 2 heteroatoms. The van der Waals surface area contributed by atoms with Gasteiger partial charge in [0, 0.05) is 5.39 Å². The lowest BCUT2D eigenvalue weighted by Gasteiger charge is -2.18. The summed E-state index contributed by atoms with van der Waals surface area (Å²) in [5.74, 6) is 0. The second kappa shape index (κ2) is 4.82. The van der Waals surface area contributed by atoms with Gasteiger partial charge in [0.25, 0.3) is 0 Å². The van der Waals surface area contributed by atoms with Crippen molar-refractivity contribution in [3.63, 3.8) is 0 Å². The Hall–Kier alpha value is -2.35. The third-order valence-electron chi connectivity index (χ3n) is 4.92. The molecule has 1 heterocycles. The molecular weight excluding hydrogens is 284 g/mol. The maximum atomic E-state index is 12.2. The van der Waals surface area contributed by atoms with Crippen LogP contribution in [0, 0.1) is 5.41 Å². The maximum Gasteiger partial charge on any atom is 0.344 e. The average molecular weight is 304 g/mol. The van der Waals surface area contributed by atoms with Crippen LogP contribution in [-0.4, -0.2) is 0 Å². The molecule has 1 aromatic heterocycles. The number of hydrogen-bond acceptors (Lipinski definition) is 2. The van der Waals surface area contributed by atoms with Crippen LogP contribution in [0.4, 0.5) is 0 Å². The molecule has 23 heavy (non-hydrogen) atoms. The monoisotopic (exact) mass is 304 g/mol. The number of fused-ring (bicyclic) bond motifs is 4. The fourth-order valence-corrected chi connectivity index (χ4v) is 3.73. The Kier molecular flexibility index (Phi) is 2.99. The molecule has 0 spiro atoms. The summed E-state index contributed by atoms with van der Waals surface area (Å²) in [7, 11) is 0. The van der Waals surface area contributed by atoms with Crippen LogP contribution in [0.15, 0.2) is 51.7 Å². The van der Waals surface area contributed by atoms with Crippen molar-refractivity contribution >= 4 is 27.3 Å². The van der Waals surface area contributed by atoms with Gasteiger partial charge in [-0.25, -0.2) is 4.79 Å². The van der Waals surface area contributed by atoms with E-state index in [0.29, 0.717) is 11.0 Å². The van der Waals surface area contributed by atoms with Crippen molar-refractivity contribution in [1.29, 1.82) is 0 Å². The summed E-state index contributed by atoms with van der Waals surface area (Å²) in [6.45, 7) is 6.73. The quantitative estimate of drug-likeness (QED) is 0.415. The fourth-order valence-electron chi connectivity index (χ4n) is 3.73. The van der Waals surface area contributed by atoms with Gasteiger partial charge in [-0.15, -0.1) is 0 Å². The van der Waals surface area contributed by atoms with E-state index in [1.165, 1.54) is 16.7 Å². The number of hydrogen-bond donors (Lipinski definition) is 0. The lowest BCUT2D eigenvalue weighted by Crippen LogP contribution is -2.07. The minimum Gasteiger partial charge on any atom is -0.422 e. The molecule has 0 amide bonds. The molecule has 0 unspecified atom stereocenters. The van der Waals surface area contributed by atoms with Crippen molar-refractivity contribution in [3.05, 3.63) is 64.0 Å². The highest BCUT2D eigenvalue weighted by atomic mass is 16.4. The van der Waals surface area contributed by atoms with Gasteiger partial charge in [0.15, 0.2) is 0 Å². The van der Waals surface area contributed by atoms with Crippen LogP contribution in [0.3, 0.4) is 0 Å². The largest absolute Gasteiger partial charge is 0.422 e. The highest BCUT2D eigenvalue weighted by molar-refractivity contribution is 6.05. The van der Waals surface area contributed by atoms with Gasteiger partial charge < -0.3 is 4.42 Å². The SMILES string of the molecule is CC1=CC(C)(C)CCc2cc3oc(=O)c4ccccc4c3cc21. The Bertz CT molecular complexity index is 1020. The van der Waals surface area contributed by atoms with Crippen molar-refractivity contribution < 1.29 is 4.42 Å². The number of benzene rings is 2. The lowest BCUT2D eigenvalue weighted by atomic mass is 9.87. The fraction of sp³-hybridized carbons (Fsp3) is 0.286. The first-order valence-electron chi connectivity index (χ1n) is 8.13. The Labute approximate surface area is 135 Å². The standard InChI is InChI=1S/C21H20O2/c1-13-12-21(2,3)9-8-14-10-19-18(11-17(13)14)15-6-4-5-7-16(15)20(22)23-19/h4-7,10-12H,8-9H2,1-3H3. The van der Waals surface area contributed by atoms with E-state index in [4.69, 9.17) is 4.42 Å². The molecule has 2 nitrogen and oxygen atoms in total. The molecule has 4 rings (SSSR count). The van der Waals surface area contributed by atoms with Crippen LogP contribution in [0.1, 0.15) is 38.3 Å². The van der Waals surface area contributed by atoms with Crippen LogP contribution in [0.5, 0.6) is 0 Å². The second-order valence-electron chi connectivity index (χ2n) is 7.26. The van der Waals surface area contributed by atoms with Crippen LogP contribution < -0.4 is 5.63 Å². The predicted molar refractivity (Wildman–Crippen MR) is 95.7 cm³/mol. The number of allylic oxidation sites excluding steroid dienone is 2. The van der Waals surface area contributed by atoms with Crippen molar-refractivity contribution in [2.75, 3.05) is 0 Å². The van der Waals surface area contributed by atoms with Gasteiger partial charge in [-0.3, -0.25) is 0 Å².